The van der Waals surface area contributed by atoms with Crippen LogP contribution in [0.2, 0.25) is 0 Å². The first-order chi connectivity index (χ1) is 13.2. The summed E-state index contributed by atoms with van der Waals surface area (Å²) in [6, 6.07) is 14.8. The molecule has 1 fully saturated rings. The van der Waals surface area contributed by atoms with Crippen LogP contribution < -0.4 is 4.74 Å². The summed E-state index contributed by atoms with van der Waals surface area (Å²) in [5.41, 5.74) is 4.24. The Morgan fingerprint density at radius 1 is 1.07 bits per heavy atom. The summed E-state index contributed by atoms with van der Waals surface area (Å²) in [6.45, 7) is 2.11. The van der Waals surface area contributed by atoms with Crippen LogP contribution in [0.15, 0.2) is 66.3 Å². The van der Waals surface area contributed by atoms with Gasteiger partial charge in [-0.2, -0.15) is 0 Å². The number of benzene rings is 2. The van der Waals surface area contributed by atoms with Gasteiger partial charge in [0.15, 0.2) is 0 Å². The number of hydrogen-bond donors (Lipinski definition) is 0. The second-order valence-corrected chi connectivity index (χ2v) is 6.82. The second kappa shape index (κ2) is 9.13. The molecule has 0 N–H and O–H groups in total. The molecule has 2 aromatic rings. The van der Waals surface area contributed by atoms with Crippen LogP contribution in [0.5, 0.6) is 5.75 Å². The van der Waals surface area contributed by atoms with E-state index in [9.17, 15) is 9.59 Å². The molecule has 138 valence electrons. The molecule has 1 unspecified atom stereocenters. The third-order valence-corrected chi connectivity index (χ3v) is 5.04. The van der Waals surface area contributed by atoms with Crippen molar-refractivity contribution >= 4 is 18.3 Å². The summed E-state index contributed by atoms with van der Waals surface area (Å²) < 4.78 is 5.44. The predicted octanol–water partition coefficient (Wildman–Crippen LogP) is 5.72. The minimum atomic E-state index is -0.365. The monoisotopic (exact) mass is 360 g/mol. The Bertz CT molecular complexity index is 842. The molecule has 3 nitrogen and oxygen atoms in total. The molecule has 0 aromatic heterocycles. The van der Waals surface area contributed by atoms with Crippen LogP contribution >= 0.6 is 0 Å². The number of esters is 1. The zero-order chi connectivity index (χ0) is 19.1. The number of carbonyl (C=O) groups is 2. The van der Waals surface area contributed by atoms with Gasteiger partial charge in [0.25, 0.3) is 0 Å². The van der Waals surface area contributed by atoms with Gasteiger partial charge in [0.2, 0.25) is 0 Å². The van der Waals surface area contributed by atoms with Crippen molar-refractivity contribution in [2.75, 3.05) is 0 Å². The van der Waals surface area contributed by atoms with E-state index in [4.69, 9.17) is 4.74 Å². The summed E-state index contributed by atoms with van der Waals surface area (Å²) in [6.07, 6.45) is 10.8. The molecule has 1 saturated carbocycles. The second-order valence-electron chi connectivity index (χ2n) is 6.82. The van der Waals surface area contributed by atoms with E-state index in [1.54, 1.807) is 30.3 Å². The molecule has 2 aromatic carbocycles. The van der Waals surface area contributed by atoms with Crippen molar-refractivity contribution in [2.45, 2.75) is 38.5 Å². The molecular formula is C24H24O3. The fourth-order valence-corrected chi connectivity index (χ4v) is 3.50. The Kier molecular flexibility index (Phi) is 6.37. The van der Waals surface area contributed by atoms with Crippen molar-refractivity contribution in [3.8, 4) is 5.75 Å². The van der Waals surface area contributed by atoms with E-state index in [1.165, 1.54) is 36.5 Å². The Balaban J connectivity index is 1.63. The Hall–Kier alpha value is -2.94. The standard InChI is InChI=1S/C24H24O3/c1-2-18-5-3-7-22(17-18)20-10-12-21(13-11-20)24(26)27-23-14-8-19(9-15-23)6-4-16-25/h2,4,6,8-16,22H,3,5,7,17H2,1H3/b6-4+,18-2?. The summed E-state index contributed by atoms with van der Waals surface area (Å²) in [5.74, 6) is 0.662. The van der Waals surface area contributed by atoms with Crippen molar-refractivity contribution in [1.29, 1.82) is 0 Å². The minimum Gasteiger partial charge on any atom is -0.423 e. The topological polar surface area (TPSA) is 43.4 Å². The fraction of sp³-hybridized carbons (Fsp3) is 0.250. The first kappa shape index (κ1) is 18.8. The molecule has 0 bridgehead atoms. The van der Waals surface area contributed by atoms with Crippen molar-refractivity contribution in [3.63, 3.8) is 0 Å². The molecule has 0 spiro atoms. The van der Waals surface area contributed by atoms with Crippen molar-refractivity contribution in [3.05, 3.63) is 82.9 Å². The van der Waals surface area contributed by atoms with Crippen molar-refractivity contribution in [2.24, 2.45) is 0 Å². The lowest BCUT2D eigenvalue weighted by Gasteiger charge is -2.24. The number of hydrogen-bond acceptors (Lipinski definition) is 3. The van der Waals surface area contributed by atoms with Gasteiger partial charge in [-0.1, -0.05) is 42.0 Å². The largest absolute Gasteiger partial charge is 0.423 e. The Morgan fingerprint density at radius 2 is 1.81 bits per heavy atom. The van der Waals surface area contributed by atoms with Gasteiger partial charge in [0.1, 0.15) is 12.0 Å². The highest BCUT2D eigenvalue weighted by Gasteiger charge is 2.19. The maximum absolute atomic E-state index is 12.4. The van der Waals surface area contributed by atoms with E-state index in [1.807, 2.05) is 24.3 Å². The molecule has 3 heteroatoms. The summed E-state index contributed by atoms with van der Waals surface area (Å²) in [7, 11) is 0. The van der Waals surface area contributed by atoms with Crippen LogP contribution in [0.4, 0.5) is 0 Å². The zero-order valence-electron chi connectivity index (χ0n) is 15.6. The maximum Gasteiger partial charge on any atom is 0.343 e. The minimum absolute atomic E-state index is 0.365. The van der Waals surface area contributed by atoms with E-state index in [0.29, 0.717) is 17.2 Å². The summed E-state index contributed by atoms with van der Waals surface area (Å²) in [4.78, 5) is 22.7. The normalized spacial score (nSPS) is 18.6. The molecule has 0 heterocycles. The molecular weight excluding hydrogens is 336 g/mol. The highest BCUT2D eigenvalue weighted by Crippen LogP contribution is 2.35. The van der Waals surface area contributed by atoms with Crippen LogP contribution in [-0.2, 0) is 4.79 Å². The molecule has 0 radical (unpaired) electrons. The van der Waals surface area contributed by atoms with Crippen LogP contribution in [-0.4, -0.2) is 12.3 Å². The van der Waals surface area contributed by atoms with E-state index in [0.717, 1.165) is 18.3 Å². The third kappa shape index (κ3) is 5.04. The number of ether oxygens (including phenoxy) is 1. The van der Waals surface area contributed by atoms with E-state index < -0.39 is 0 Å². The molecule has 1 atom stereocenters. The molecule has 0 saturated heterocycles. The van der Waals surface area contributed by atoms with Crippen LogP contribution in [0.25, 0.3) is 6.08 Å². The van der Waals surface area contributed by atoms with Crippen molar-refractivity contribution < 1.29 is 14.3 Å². The van der Waals surface area contributed by atoms with Gasteiger partial charge in [-0.15, -0.1) is 0 Å². The Labute approximate surface area is 160 Å². The average molecular weight is 360 g/mol. The molecule has 0 aliphatic heterocycles. The van der Waals surface area contributed by atoms with Crippen LogP contribution in [0.1, 0.15) is 60.0 Å². The average Bonchev–Trinajstić information content (AvgIpc) is 2.73. The third-order valence-electron chi connectivity index (χ3n) is 5.04. The van der Waals surface area contributed by atoms with Gasteiger partial charge in [0, 0.05) is 0 Å². The van der Waals surface area contributed by atoms with Crippen molar-refractivity contribution in [1.82, 2.24) is 0 Å². The maximum atomic E-state index is 12.4. The van der Waals surface area contributed by atoms with Crippen LogP contribution in [0.3, 0.4) is 0 Å². The zero-order valence-corrected chi connectivity index (χ0v) is 15.6. The van der Waals surface area contributed by atoms with Gasteiger partial charge in [-0.05, 0) is 80.0 Å². The fourth-order valence-electron chi connectivity index (χ4n) is 3.50. The summed E-state index contributed by atoms with van der Waals surface area (Å²) >= 11 is 0. The SMILES string of the molecule is CC=C1CCCC(c2ccc(C(=O)Oc3ccc(/C=C/C=O)cc3)cc2)C1. The lowest BCUT2D eigenvalue weighted by Crippen LogP contribution is -2.10. The molecule has 27 heavy (non-hydrogen) atoms. The molecule has 1 aliphatic carbocycles. The Morgan fingerprint density at radius 3 is 2.48 bits per heavy atom. The van der Waals surface area contributed by atoms with E-state index in [-0.39, 0.29) is 5.97 Å². The smallest absolute Gasteiger partial charge is 0.343 e. The number of carbonyl (C=O) groups excluding carboxylic acids is 2. The highest BCUT2D eigenvalue weighted by atomic mass is 16.5. The van der Waals surface area contributed by atoms with Crippen LogP contribution in [0, 0.1) is 0 Å². The van der Waals surface area contributed by atoms with E-state index in [2.05, 4.69) is 13.0 Å². The van der Waals surface area contributed by atoms with Gasteiger partial charge in [-0.3, -0.25) is 4.79 Å². The van der Waals surface area contributed by atoms with Gasteiger partial charge in [-0.25, -0.2) is 4.79 Å². The van der Waals surface area contributed by atoms with E-state index >= 15 is 0 Å². The van der Waals surface area contributed by atoms with Gasteiger partial charge < -0.3 is 4.74 Å². The molecule has 3 rings (SSSR count). The lowest BCUT2D eigenvalue weighted by atomic mass is 9.81. The quantitative estimate of drug-likeness (QED) is 0.225. The number of aldehydes is 1. The van der Waals surface area contributed by atoms with Gasteiger partial charge >= 0.3 is 5.97 Å². The summed E-state index contributed by atoms with van der Waals surface area (Å²) in [5, 5.41) is 0. The first-order valence-corrected chi connectivity index (χ1v) is 9.37. The highest BCUT2D eigenvalue weighted by molar-refractivity contribution is 5.91. The lowest BCUT2D eigenvalue weighted by molar-refractivity contribution is -0.104. The van der Waals surface area contributed by atoms with Gasteiger partial charge in [0.05, 0.1) is 5.56 Å². The first-order valence-electron chi connectivity index (χ1n) is 9.37. The number of rotatable bonds is 5. The molecule has 0 amide bonds. The molecule has 1 aliphatic rings. The number of allylic oxidation sites excluding steroid dienone is 3. The predicted molar refractivity (Wildman–Crippen MR) is 108 cm³/mol.